The minimum absolute atomic E-state index is 0.0583. The van der Waals surface area contributed by atoms with Crippen LogP contribution in [0.25, 0.3) is 0 Å². The summed E-state index contributed by atoms with van der Waals surface area (Å²) in [6.45, 7) is 3.69. The number of aromatic nitrogens is 1. The quantitative estimate of drug-likeness (QED) is 0.889. The van der Waals surface area contributed by atoms with E-state index in [-0.39, 0.29) is 5.91 Å². The highest BCUT2D eigenvalue weighted by Crippen LogP contribution is 2.20. The van der Waals surface area contributed by atoms with Crippen molar-refractivity contribution in [3.8, 4) is 0 Å². The van der Waals surface area contributed by atoms with E-state index in [9.17, 15) is 9.90 Å². The van der Waals surface area contributed by atoms with Gasteiger partial charge in [0.25, 0.3) is 0 Å². The average molecular weight is 290 g/mol. The lowest BCUT2D eigenvalue weighted by molar-refractivity contribution is -0.116. The lowest BCUT2D eigenvalue weighted by Crippen LogP contribution is -2.12. The molecule has 1 unspecified atom stereocenters. The number of hydrogen-bond acceptors (Lipinski definition) is 4. The molecule has 0 saturated heterocycles. The molecule has 0 aliphatic heterocycles. The van der Waals surface area contributed by atoms with Gasteiger partial charge in [0.05, 0.1) is 11.8 Å². The molecule has 1 heterocycles. The Hall–Kier alpha value is -1.72. The van der Waals surface area contributed by atoms with Crippen LogP contribution < -0.4 is 5.32 Å². The van der Waals surface area contributed by atoms with Crippen LogP contribution in [-0.2, 0) is 11.2 Å². The van der Waals surface area contributed by atoms with Crippen LogP contribution in [0.5, 0.6) is 0 Å². The molecule has 0 aliphatic rings. The SMILES string of the molecule is Cc1ccc(CCC(=O)Nc2nc(C(C)O)cs2)cc1. The maximum atomic E-state index is 11.8. The van der Waals surface area contributed by atoms with Crippen LogP contribution in [0, 0.1) is 6.92 Å². The molecule has 0 bridgehead atoms. The van der Waals surface area contributed by atoms with Gasteiger partial charge in [0.15, 0.2) is 5.13 Å². The van der Waals surface area contributed by atoms with Gasteiger partial charge in [0.2, 0.25) is 5.91 Å². The number of aliphatic hydroxyl groups excluding tert-OH is 1. The first kappa shape index (κ1) is 14.7. The monoisotopic (exact) mass is 290 g/mol. The van der Waals surface area contributed by atoms with Crippen molar-refractivity contribution in [3.05, 3.63) is 46.5 Å². The summed E-state index contributed by atoms with van der Waals surface area (Å²) in [5.41, 5.74) is 2.95. The van der Waals surface area contributed by atoms with Gasteiger partial charge in [-0.15, -0.1) is 11.3 Å². The van der Waals surface area contributed by atoms with Crippen LogP contribution in [0.3, 0.4) is 0 Å². The number of thiazole rings is 1. The second-order valence-electron chi connectivity index (χ2n) is 4.79. The molecule has 0 saturated carbocycles. The first-order valence-corrected chi connectivity index (χ1v) is 7.41. The van der Waals surface area contributed by atoms with Crippen LogP contribution in [0.1, 0.15) is 36.3 Å². The molecule has 0 spiro atoms. The first-order chi connectivity index (χ1) is 9.54. The smallest absolute Gasteiger partial charge is 0.226 e. The predicted octanol–water partition coefficient (Wildman–Crippen LogP) is 3.08. The van der Waals surface area contributed by atoms with E-state index in [4.69, 9.17) is 0 Å². The zero-order valence-electron chi connectivity index (χ0n) is 11.6. The molecular formula is C15H18N2O2S. The Morgan fingerprint density at radius 3 is 2.70 bits per heavy atom. The summed E-state index contributed by atoms with van der Waals surface area (Å²) in [5, 5.41) is 14.4. The second-order valence-corrected chi connectivity index (χ2v) is 5.65. The van der Waals surface area contributed by atoms with Gasteiger partial charge in [-0.2, -0.15) is 0 Å². The molecule has 5 heteroatoms. The molecule has 20 heavy (non-hydrogen) atoms. The zero-order chi connectivity index (χ0) is 14.5. The zero-order valence-corrected chi connectivity index (χ0v) is 12.4. The summed E-state index contributed by atoms with van der Waals surface area (Å²) in [7, 11) is 0. The second kappa shape index (κ2) is 6.63. The van der Waals surface area contributed by atoms with Crippen molar-refractivity contribution in [2.45, 2.75) is 32.8 Å². The highest BCUT2D eigenvalue weighted by atomic mass is 32.1. The predicted molar refractivity (Wildman–Crippen MR) is 80.9 cm³/mol. The van der Waals surface area contributed by atoms with E-state index in [0.717, 1.165) is 5.56 Å². The first-order valence-electron chi connectivity index (χ1n) is 6.53. The lowest BCUT2D eigenvalue weighted by Gasteiger charge is -2.03. The van der Waals surface area contributed by atoms with Crippen LogP contribution >= 0.6 is 11.3 Å². The molecule has 1 atom stereocenters. The molecule has 2 rings (SSSR count). The summed E-state index contributed by atoms with van der Waals surface area (Å²) in [5.74, 6) is -0.0583. The molecule has 1 aromatic heterocycles. The Balaban J connectivity index is 1.84. The fourth-order valence-electron chi connectivity index (χ4n) is 1.73. The summed E-state index contributed by atoms with van der Waals surface area (Å²) < 4.78 is 0. The number of rotatable bonds is 5. The van der Waals surface area contributed by atoms with E-state index in [1.54, 1.807) is 12.3 Å². The number of aliphatic hydroxyl groups is 1. The van der Waals surface area contributed by atoms with Gasteiger partial charge in [-0.25, -0.2) is 4.98 Å². The Morgan fingerprint density at radius 2 is 2.10 bits per heavy atom. The van der Waals surface area contributed by atoms with Gasteiger partial charge in [-0.3, -0.25) is 4.79 Å². The van der Waals surface area contributed by atoms with E-state index in [1.165, 1.54) is 16.9 Å². The van der Waals surface area contributed by atoms with Crippen LogP contribution in [0.15, 0.2) is 29.6 Å². The van der Waals surface area contributed by atoms with E-state index in [1.807, 2.05) is 31.2 Å². The Morgan fingerprint density at radius 1 is 1.40 bits per heavy atom. The molecule has 106 valence electrons. The molecule has 2 N–H and O–H groups in total. The van der Waals surface area contributed by atoms with E-state index in [2.05, 4.69) is 10.3 Å². The number of nitrogens with one attached hydrogen (secondary N) is 1. The summed E-state index contributed by atoms with van der Waals surface area (Å²) >= 11 is 1.33. The number of carbonyl (C=O) groups excluding carboxylic acids is 1. The van der Waals surface area contributed by atoms with Crippen molar-refractivity contribution in [3.63, 3.8) is 0 Å². The van der Waals surface area contributed by atoms with Crippen molar-refractivity contribution in [1.29, 1.82) is 0 Å². The third-order valence-corrected chi connectivity index (χ3v) is 3.73. The van der Waals surface area contributed by atoms with E-state index < -0.39 is 6.10 Å². The number of aryl methyl sites for hydroxylation is 2. The minimum Gasteiger partial charge on any atom is -0.387 e. The normalized spacial score (nSPS) is 12.2. The van der Waals surface area contributed by atoms with Crippen molar-refractivity contribution >= 4 is 22.4 Å². The molecule has 4 nitrogen and oxygen atoms in total. The molecule has 0 aliphatic carbocycles. The number of anilines is 1. The minimum atomic E-state index is -0.607. The summed E-state index contributed by atoms with van der Waals surface area (Å²) in [4.78, 5) is 16.0. The van der Waals surface area contributed by atoms with Crippen LogP contribution in [-0.4, -0.2) is 16.0 Å². The van der Waals surface area contributed by atoms with Gasteiger partial charge >= 0.3 is 0 Å². The van der Waals surface area contributed by atoms with Crippen LogP contribution in [0.4, 0.5) is 5.13 Å². The molecular weight excluding hydrogens is 272 g/mol. The van der Waals surface area contributed by atoms with Gasteiger partial charge in [0, 0.05) is 11.8 Å². The Labute approximate surface area is 122 Å². The van der Waals surface area contributed by atoms with Crippen molar-refractivity contribution in [1.82, 2.24) is 4.98 Å². The van der Waals surface area contributed by atoms with Gasteiger partial charge in [0.1, 0.15) is 0 Å². The Bertz CT molecular complexity index is 576. The molecule has 0 fully saturated rings. The average Bonchev–Trinajstić information content (AvgIpc) is 2.87. The van der Waals surface area contributed by atoms with Gasteiger partial charge in [-0.05, 0) is 25.8 Å². The van der Waals surface area contributed by atoms with Crippen molar-refractivity contribution < 1.29 is 9.90 Å². The fourth-order valence-corrected chi connectivity index (χ4v) is 2.54. The Kier molecular flexibility index (Phi) is 4.87. The standard InChI is InChI=1S/C15H18N2O2S/c1-10-3-5-12(6-4-10)7-8-14(19)17-15-16-13(9-20-15)11(2)18/h3-6,9,11,18H,7-8H2,1-2H3,(H,16,17,19). The largest absolute Gasteiger partial charge is 0.387 e. The number of amides is 1. The molecule has 1 amide bonds. The number of nitrogens with zero attached hydrogens (tertiary/aromatic N) is 1. The molecule has 2 aromatic rings. The highest BCUT2D eigenvalue weighted by Gasteiger charge is 2.09. The maximum absolute atomic E-state index is 11.8. The highest BCUT2D eigenvalue weighted by molar-refractivity contribution is 7.13. The number of hydrogen-bond donors (Lipinski definition) is 2. The summed E-state index contributed by atoms with van der Waals surface area (Å²) in [6, 6.07) is 8.17. The van der Waals surface area contributed by atoms with Crippen molar-refractivity contribution in [2.75, 3.05) is 5.32 Å². The topological polar surface area (TPSA) is 62.2 Å². The van der Waals surface area contributed by atoms with E-state index in [0.29, 0.717) is 23.7 Å². The van der Waals surface area contributed by atoms with Gasteiger partial charge < -0.3 is 10.4 Å². The number of benzene rings is 1. The third kappa shape index (κ3) is 4.15. The molecule has 0 radical (unpaired) electrons. The fraction of sp³-hybridized carbons (Fsp3) is 0.333. The third-order valence-electron chi connectivity index (χ3n) is 2.96. The summed E-state index contributed by atoms with van der Waals surface area (Å²) in [6.07, 6.45) is 0.525. The van der Waals surface area contributed by atoms with Crippen molar-refractivity contribution in [2.24, 2.45) is 0 Å². The number of carbonyl (C=O) groups is 1. The van der Waals surface area contributed by atoms with Gasteiger partial charge in [-0.1, -0.05) is 29.8 Å². The maximum Gasteiger partial charge on any atom is 0.226 e. The lowest BCUT2D eigenvalue weighted by atomic mass is 10.1. The van der Waals surface area contributed by atoms with Crippen LogP contribution in [0.2, 0.25) is 0 Å². The molecule has 1 aromatic carbocycles. The van der Waals surface area contributed by atoms with E-state index >= 15 is 0 Å².